The van der Waals surface area contributed by atoms with Gasteiger partial charge in [-0.3, -0.25) is 4.98 Å². The molecule has 0 N–H and O–H groups in total. The minimum absolute atomic E-state index is 0.658. The van der Waals surface area contributed by atoms with E-state index in [1.54, 1.807) is 6.20 Å². The Kier molecular flexibility index (Phi) is 2.75. The predicted octanol–water partition coefficient (Wildman–Crippen LogP) is 4.21. The molecule has 0 spiro atoms. The summed E-state index contributed by atoms with van der Waals surface area (Å²) < 4.78 is 0.930. The van der Waals surface area contributed by atoms with Crippen LogP contribution in [0.3, 0.4) is 0 Å². The van der Waals surface area contributed by atoms with Crippen molar-refractivity contribution in [2.45, 2.75) is 13.3 Å². The first-order valence-electron chi connectivity index (χ1n) is 4.45. The fourth-order valence-electron chi connectivity index (χ4n) is 1.51. The van der Waals surface area contributed by atoms with Crippen LogP contribution in [0.15, 0.2) is 28.9 Å². The van der Waals surface area contributed by atoms with E-state index in [0.717, 1.165) is 21.8 Å². The molecule has 0 amide bonds. The summed E-state index contributed by atoms with van der Waals surface area (Å²) in [4.78, 5) is 4.35. The van der Waals surface area contributed by atoms with E-state index in [9.17, 15) is 0 Å². The molecule has 0 fully saturated rings. The highest BCUT2D eigenvalue weighted by Gasteiger charge is 2.06. The third-order valence-electron chi connectivity index (χ3n) is 2.25. The van der Waals surface area contributed by atoms with E-state index < -0.39 is 0 Å². The fraction of sp³-hybridized carbons (Fsp3) is 0.182. The zero-order chi connectivity index (χ0) is 10.1. The molecule has 2 aromatic rings. The maximum Gasteiger partial charge on any atom is 0.0746 e. The summed E-state index contributed by atoms with van der Waals surface area (Å²) in [7, 11) is 0. The summed E-state index contributed by atoms with van der Waals surface area (Å²) >= 11 is 9.45. The molecule has 2 rings (SSSR count). The summed E-state index contributed by atoms with van der Waals surface area (Å²) in [5.74, 6) is 0. The van der Waals surface area contributed by atoms with E-state index in [0.29, 0.717) is 5.02 Å². The van der Waals surface area contributed by atoms with Crippen LogP contribution in [-0.4, -0.2) is 4.98 Å². The van der Waals surface area contributed by atoms with Gasteiger partial charge in [-0.05, 0) is 27.9 Å². The van der Waals surface area contributed by atoms with Crippen LogP contribution in [0, 0.1) is 0 Å². The number of hydrogen-bond donors (Lipinski definition) is 0. The van der Waals surface area contributed by atoms with Crippen molar-refractivity contribution in [1.29, 1.82) is 0 Å². The van der Waals surface area contributed by atoms with Crippen LogP contribution >= 0.6 is 27.5 Å². The average molecular weight is 271 g/mol. The minimum Gasteiger partial charge on any atom is -0.254 e. The molecule has 0 aliphatic heterocycles. The van der Waals surface area contributed by atoms with E-state index in [2.05, 4.69) is 33.9 Å². The number of pyridine rings is 1. The van der Waals surface area contributed by atoms with Crippen LogP contribution in [-0.2, 0) is 6.42 Å². The van der Waals surface area contributed by atoms with Gasteiger partial charge in [-0.1, -0.05) is 36.7 Å². The zero-order valence-electron chi connectivity index (χ0n) is 7.72. The van der Waals surface area contributed by atoms with Gasteiger partial charge in [-0.15, -0.1) is 0 Å². The number of para-hydroxylation sites is 1. The first-order chi connectivity index (χ1) is 6.74. The molecule has 0 atom stereocenters. The lowest BCUT2D eigenvalue weighted by atomic mass is 10.1. The van der Waals surface area contributed by atoms with E-state index >= 15 is 0 Å². The molecule has 1 nitrogen and oxygen atoms in total. The van der Waals surface area contributed by atoms with Gasteiger partial charge in [0.15, 0.2) is 0 Å². The third kappa shape index (κ3) is 1.53. The van der Waals surface area contributed by atoms with Crippen LogP contribution in [0.1, 0.15) is 12.5 Å². The summed E-state index contributed by atoms with van der Waals surface area (Å²) in [6, 6.07) is 6.15. The largest absolute Gasteiger partial charge is 0.254 e. The minimum atomic E-state index is 0.658. The fourth-order valence-corrected chi connectivity index (χ4v) is 2.09. The second kappa shape index (κ2) is 3.87. The van der Waals surface area contributed by atoms with Crippen molar-refractivity contribution in [1.82, 2.24) is 4.98 Å². The molecule has 0 radical (unpaired) electrons. The molecule has 1 aromatic heterocycles. The van der Waals surface area contributed by atoms with Gasteiger partial charge >= 0.3 is 0 Å². The van der Waals surface area contributed by atoms with Gasteiger partial charge in [-0.2, -0.15) is 0 Å². The molecule has 1 aromatic carbocycles. The highest BCUT2D eigenvalue weighted by Crippen LogP contribution is 2.30. The Morgan fingerprint density at radius 2 is 2.21 bits per heavy atom. The Morgan fingerprint density at radius 3 is 2.93 bits per heavy atom. The molecular formula is C11H9BrClN. The molecule has 0 saturated heterocycles. The number of nitrogens with zero attached hydrogens (tertiary/aromatic N) is 1. The molecule has 0 unspecified atom stereocenters. The number of fused-ring (bicyclic) bond motifs is 1. The monoisotopic (exact) mass is 269 g/mol. The first kappa shape index (κ1) is 9.94. The Bertz CT molecular complexity index is 482. The van der Waals surface area contributed by atoms with Crippen LogP contribution < -0.4 is 0 Å². The highest BCUT2D eigenvalue weighted by atomic mass is 79.9. The van der Waals surface area contributed by atoms with E-state index in [-0.39, 0.29) is 0 Å². The van der Waals surface area contributed by atoms with Crippen molar-refractivity contribution in [2.75, 3.05) is 0 Å². The lowest BCUT2D eigenvalue weighted by Crippen LogP contribution is -1.88. The van der Waals surface area contributed by atoms with Gasteiger partial charge in [0.05, 0.1) is 10.5 Å². The lowest BCUT2D eigenvalue weighted by Gasteiger charge is -2.05. The van der Waals surface area contributed by atoms with Gasteiger partial charge in [0, 0.05) is 16.1 Å². The normalized spacial score (nSPS) is 10.8. The maximum atomic E-state index is 5.97. The van der Waals surface area contributed by atoms with Crippen LogP contribution in [0.2, 0.25) is 5.02 Å². The van der Waals surface area contributed by atoms with E-state index in [1.165, 1.54) is 5.56 Å². The maximum absolute atomic E-state index is 5.97. The number of benzene rings is 1. The van der Waals surface area contributed by atoms with Crippen molar-refractivity contribution in [3.05, 3.63) is 39.5 Å². The van der Waals surface area contributed by atoms with Gasteiger partial charge in [0.25, 0.3) is 0 Å². The summed E-state index contributed by atoms with van der Waals surface area (Å²) in [5.41, 5.74) is 2.28. The van der Waals surface area contributed by atoms with Crippen molar-refractivity contribution in [2.24, 2.45) is 0 Å². The zero-order valence-corrected chi connectivity index (χ0v) is 10.1. The third-order valence-corrected chi connectivity index (χ3v) is 3.62. The number of halogens is 2. The van der Waals surface area contributed by atoms with Crippen LogP contribution in [0.4, 0.5) is 0 Å². The Morgan fingerprint density at radius 1 is 1.43 bits per heavy atom. The summed E-state index contributed by atoms with van der Waals surface area (Å²) in [6.45, 7) is 2.12. The Labute approximate surface area is 96.2 Å². The standard InChI is InChI=1S/C11H9BrClN/c1-2-7-4-3-5-8-10(12)9(13)6-14-11(7)8/h3-6H,2H2,1H3. The van der Waals surface area contributed by atoms with Gasteiger partial charge in [0.1, 0.15) is 0 Å². The molecule has 72 valence electrons. The van der Waals surface area contributed by atoms with Gasteiger partial charge in [-0.25, -0.2) is 0 Å². The first-order valence-corrected chi connectivity index (χ1v) is 5.62. The quantitative estimate of drug-likeness (QED) is 0.756. The van der Waals surface area contributed by atoms with Crippen molar-refractivity contribution < 1.29 is 0 Å². The molecule has 14 heavy (non-hydrogen) atoms. The molecule has 0 bridgehead atoms. The number of aryl methyl sites for hydroxylation is 1. The molecule has 0 aliphatic rings. The van der Waals surface area contributed by atoms with Crippen LogP contribution in [0.5, 0.6) is 0 Å². The van der Waals surface area contributed by atoms with Crippen molar-refractivity contribution >= 4 is 38.4 Å². The lowest BCUT2D eigenvalue weighted by molar-refractivity contribution is 1.14. The second-order valence-electron chi connectivity index (χ2n) is 3.09. The van der Waals surface area contributed by atoms with Crippen molar-refractivity contribution in [3.8, 4) is 0 Å². The van der Waals surface area contributed by atoms with Crippen molar-refractivity contribution in [3.63, 3.8) is 0 Å². The highest BCUT2D eigenvalue weighted by molar-refractivity contribution is 9.10. The molecule has 0 saturated carbocycles. The number of aromatic nitrogens is 1. The predicted molar refractivity (Wildman–Crippen MR) is 63.8 cm³/mol. The summed E-state index contributed by atoms with van der Waals surface area (Å²) in [6.07, 6.45) is 2.67. The number of rotatable bonds is 1. The van der Waals surface area contributed by atoms with E-state index in [4.69, 9.17) is 11.6 Å². The Balaban J connectivity index is 2.86. The SMILES string of the molecule is CCc1cccc2c(Br)c(Cl)cnc12. The molecule has 0 aliphatic carbocycles. The molecule has 3 heteroatoms. The molecular weight excluding hydrogens is 261 g/mol. The average Bonchev–Trinajstić information content (AvgIpc) is 2.23. The second-order valence-corrected chi connectivity index (χ2v) is 4.29. The summed E-state index contributed by atoms with van der Waals surface area (Å²) in [5, 5.41) is 1.74. The smallest absolute Gasteiger partial charge is 0.0746 e. The van der Waals surface area contributed by atoms with Crippen LogP contribution in [0.25, 0.3) is 10.9 Å². The topological polar surface area (TPSA) is 12.9 Å². The number of hydrogen-bond acceptors (Lipinski definition) is 1. The van der Waals surface area contributed by atoms with Gasteiger partial charge < -0.3 is 0 Å². The van der Waals surface area contributed by atoms with Gasteiger partial charge in [0.2, 0.25) is 0 Å². The molecule has 1 heterocycles. The Hall–Kier alpha value is -0.600. The van der Waals surface area contributed by atoms with E-state index in [1.807, 2.05) is 12.1 Å².